The first kappa shape index (κ1) is 13.6. The SMILES string of the molecule is Cc1ccc(C(C)NCc2ccc(O)c(Br)c2)s1. The highest BCUT2D eigenvalue weighted by Gasteiger charge is 2.07. The number of aromatic hydroxyl groups is 1. The predicted molar refractivity (Wildman–Crippen MR) is 80.1 cm³/mol. The highest BCUT2D eigenvalue weighted by atomic mass is 79.9. The number of halogens is 1. The Balaban J connectivity index is 1.97. The number of aryl methyl sites for hydroxylation is 1. The highest BCUT2D eigenvalue weighted by Crippen LogP contribution is 2.25. The Hall–Kier alpha value is -0.840. The second-order valence-electron chi connectivity index (χ2n) is 4.34. The molecule has 1 heterocycles. The smallest absolute Gasteiger partial charge is 0.129 e. The minimum absolute atomic E-state index is 0.278. The molecule has 1 unspecified atom stereocenters. The van der Waals surface area contributed by atoms with Gasteiger partial charge in [-0.25, -0.2) is 0 Å². The van der Waals surface area contributed by atoms with Crippen molar-refractivity contribution in [1.29, 1.82) is 0 Å². The van der Waals surface area contributed by atoms with Gasteiger partial charge in [0.25, 0.3) is 0 Å². The van der Waals surface area contributed by atoms with E-state index in [2.05, 4.69) is 47.2 Å². The van der Waals surface area contributed by atoms with Crippen molar-refractivity contribution in [2.75, 3.05) is 0 Å². The van der Waals surface area contributed by atoms with Gasteiger partial charge in [0.1, 0.15) is 5.75 Å². The lowest BCUT2D eigenvalue weighted by atomic mass is 10.2. The summed E-state index contributed by atoms with van der Waals surface area (Å²) in [6.45, 7) is 5.08. The van der Waals surface area contributed by atoms with Crippen LogP contribution in [0.1, 0.15) is 28.3 Å². The minimum atomic E-state index is 0.278. The Morgan fingerprint density at radius 1 is 1.33 bits per heavy atom. The largest absolute Gasteiger partial charge is 0.507 e. The molecule has 2 nitrogen and oxygen atoms in total. The lowest BCUT2D eigenvalue weighted by molar-refractivity contribution is 0.471. The van der Waals surface area contributed by atoms with E-state index in [9.17, 15) is 5.11 Å². The molecule has 18 heavy (non-hydrogen) atoms. The molecule has 2 aromatic rings. The molecule has 0 saturated heterocycles. The van der Waals surface area contributed by atoms with Crippen LogP contribution in [0.3, 0.4) is 0 Å². The Labute approximate surface area is 120 Å². The van der Waals surface area contributed by atoms with Gasteiger partial charge in [-0.15, -0.1) is 11.3 Å². The molecule has 0 radical (unpaired) electrons. The molecule has 0 saturated carbocycles. The van der Waals surface area contributed by atoms with Gasteiger partial charge in [0.2, 0.25) is 0 Å². The molecule has 96 valence electrons. The molecule has 0 spiro atoms. The summed E-state index contributed by atoms with van der Waals surface area (Å²) in [4.78, 5) is 2.69. The monoisotopic (exact) mass is 325 g/mol. The van der Waals surface area contributed by atoms with Crippen LogP contribution in [0.15, 0.2) is 34.8 Å². The maximum absolute atomic E-state index is 9.44. The standard InChI is InChI=1S/C14H16BrNOS/c1-9-3-6-14(18-9)10(2)16-8-11-4-5-13(17)12(15)7-11/h3-7,10,16-17H,8H2,1-2H3. The third kappa shape index (κ3) is 3.34. The molecule has 1 aromatic heterocycles. The van der Waals surface area contributed by atoms with Crippen molar-refractivity contribution in [3.05, 3.63) is 50.1 Å². The van der Waals surface area contributed by atoms with Crippen LogP contribution in [0.5, 0.6) is 5.75 Å². The van der Waals surface area contributed by atoms with E-state index >= 15 is 0 Å². The van der Waals surface area contributed by atoms with Crippen molar-refractivity contribution in [1.82, 2.24) is 5.32 Å². The van der Waals surface area contributed by atoms with Gasteiger partial charge in [0, 0.05) is 22.3 Å². The van der Waals surface area contributed by atoms with Crippen LogP contribution in [-0.4, -0.2) is 5.11 Å². The summed E-state index contributed by atoms with van der Waals surface area (Å²) in [6, 6.07) is 10.2. The molecular formula is C14H16BrNOS. The minimum Gasteiger partial charge on any atom is -0.507 e. The fourth-order valence-corrected chi connectivity index (χ4v) is 3.05. The van der Waals surface area contributed by atoms with Crippen molar-refractivity contribution in [3.8, 4) is 5.75 Å². The fraction of sp³-hybridized carbons (Fsp3) is 0.286. The van der Waals surface area contributed by atoms with Crippen molar-refractivity contribution in [2.24, 2.45) is 0 Å². The summed E-state index contributed by atoms with van der Waals surface area (Å²) in [5, 5.41) is 12.9. The Bertz CT molecular complexity index is 538. The second kappa shape index (κ2) is 5.87. The van der Waals surface area contributed by atoms with Crippen LogP contribution in [0, 0.1) is 6.92 Å². The lowest BCUT2D eigenvalue weighted by Gasteiger charge is -2.12. The molecule has 2 N–H and O–H groups in total. The Morgan fingerprint density at radius 3 is 2.72 bits per heavy atom. The maximum atomic E-state index is 9.44. The molecular weight excluding hydrogens is 310 g/mol. The lowest BCUT2D eigenvalue weighted by Crippen LogP contribution is -2.17. The molecule has 0 fully saturated rings. The van der Waals surface area contributed by atoms with E-state index in [1.54, 1.807) is 6.07 Å². The quantitative estimate of drug-likeness (QED) is 0.874. The first-order valence-corrected chi connectivity index (χ1v) is 7.44. The van der Waals surface area contributed by atoms with E-state index in [4.69, 9.17) is 0 Å². The normalized spacial score (nSPS) is 12.6. The first-order chi connectivity index (χ1) is 8.56. The van der Waals surface area contributed by atoms with Gasteiger partial charge in [-0.05, 0) is 59.6 Å². The van der Waals surface area contributed by atoms with Crippen molar-refractivity contribution in [2.45, 2.75) is 26.4 Å². The molecule has 0 aliphatic rings. The molecule has 2 rings (SSSR count). The van der Waals surface area contributed by atoms with Crippen molar-refractivity contribution in [3.63, 3.8) is 0 Å². The van der Waals surface area contributed by atoms with Gasteiger partial charge in [0.15, 0.2) is 0 Å². The fourth-order valence-electron chi connectivity index (χ4n) is 1.72. The van der Waals surface area contributed by atoms with E-state index in [1.807, 2.05) is 23.5 Å². The highest BCUT2D eigenvalue weighted by molar-refractivity contribution is 9.10. The Kier molecular flexibility index (Phi) is 4.43. The number of benzene rings is 1. The maximum Gasteiger partial charge on any atom is 0.129 e. The summed E-state index contributed by atoms with van der Waals surface area (Å²) in [5.74, 6) is 0.278. The summed E-state index contributed by atoms with van der Waals surface area (Å²) in [7, 11) is 0. The summed E-state index contributed by atoms with van der Waals surface area (Å²) in [5.41, 5.74) is 1.15. The second-order valence-corrected chi connectivity index (χ2v) is 6.51. The molecule has 0 aliphatic heterocycles. The third-order valence-corrected chi connectivity index (χ3v) is 4.63. The molecule has 4 heteroatoms. The number of nitrogens with one attached hydrogen (secondary N) is 1. The van der Waals surface area contributed by atoms with Gasteiger partial charge in [-0.2, -0.15) is 0 Å². The summed E-state index contributed by atoms with van der Waals surface area (Å²) in [6.07, 6.45) is 0. The average molecular weight is 326 g/mol. The van der Waals surface area contributed by atoms with Gasteiger partial charge >= 0.3 is 0 Å². The zero-order chi connectivity index (χ0) is 13.1. The van der Waals surface area contributed by atoms with E-state index < -0.39 is 0 Å². The molecule has 0 bridgehead atoms. The third-order valence-electron chi connectivity index (χ3n) is 2.81. The van der Waals surface area contributed by atoms with E-state index in [0.29, 0.717) is 6.04 Å². The van der Waals surface area contributed by atoms with Crippen LogP contribution in [0.25, 0.3) is 0 Å². The number of rotatable bonds is 4. The number of hydrogen-bond acceptors (Lipinski definition) is 3. The van der Waals surface area contributed by atoms with Crippen molar-refractivity contribution >= 4 is 27.3 Å². The molecule has 0 amide bonds. The molecule has 0 aliphatic carbocycles. The number of thiophene rings is 1. The van der Waals surface area contributed by atoms with Crippen LogP contribution in [0.4, 0.5) is 0 Å². The summed E-state index contributed by atoms with van der Waals surface area (Å²) < 4.78 is 0.737. The topological polar surface area (TPSA) is 32.3 Å². The van der Waals surface area contributed by atoms with Crippen LogP contribution in [0.2, 0.25) is 0 Å². The zero-order valence-corrected chi connectivity index (χ0v) is 12.8. The van der Waals surface area contributed by atoms with Crippen LogP contribution < -0.4 is 5.32 Å². The number of phenolic OH excluding ortho intramolecular Hbond substituents is 1. The van der Waals surface area contributed by atoms with E-state index in [1.165, 1.54) is 9.75 Å². The first-order valence-electron chi connectivity index (χ1n) is 5.83. The van der Waals surface area contributed by atoms with Gasteiger partial charge in [0.05, 0.1) is 4.47 Å². The van der Waals surface area contributed by atoms with E-state index in [0.717, 1.165) is 16.6 Å². The van der Waals surface area contributed by atoms with Gasteiger partial charge < -0.3 is 10.4 Å². The van der Waals surface area contributed by atoms with Crippen LogP contribution in [-0.2, 0) is 6.54 Å². The summed E-state index contributed by atoms with van der Waals surface area (Å²) >= 11 is 5.15. The Morgan fingerprint density at radius 2 is 2.11 bits per heavy atom. The number of phenols is 1. The molecule has 1 atom stereocenters. The predicted octanol–water partition coefficient (Wildman–Crippen LogP) is 4.38. The average Bonchev–Trinajstić information content (AvgIpc) is 2.77. The van der Waals surface area contributed by atoms with Crippen LogP contribution >= 0.6 is 27.3 Å². The number of hydrogen-bond donors (Lipinski definition) is 2. The van der Waals surface area contributed by atoms with Gasteiger partial charge in [-0.1, -0.05) is 6.07 Å². The van der Waals surface area contributed by atoms with Gasteiger partial charge in [-0.3, -0.25) is 0 Å². The van der Waals surface area contributed by atoms with E-state index in [-0.39, 0.29) is 5.75 Å². The zero-order valence-electron chi connectivity index (χ0n) is 10.4. The van der Waals surface area contributed by atoms with Crippen molar-refractivity contribution < 1.29 is 5.11 Å². The molecule has 1 aromatic carbocycles.